The van der Waals surface area contributed by atoms with Gasteiger partial charge < -0.3 is 10.1 Å². The summed E-state index contributed by atoms with van der Waals surface area (Å²) >= 11 is 0. The van der Waals surface area contributed by atoms with Crippen LogP contribution in [-0.4, -0.2) is 48.8 Å². The third kappa shape index (κ3) is 2.98. The van der Waals surface area contributed by atoms with Crippen molar-refractivity contribution in [1.82, 2.24) is 10.2 Å². The first-order valence-electron chi connectivity index (χ1n) is 8.34. The van der Waals surface area contributed by atoms with E-state index in [4.69, 9.17) is 4.74 Å². The normalized spacial score (nSPS) is 42.8. The average molecular weight is 266 g/mol. The number of fused-ring (bicyclic) bond motifs is 2. The van der Waals surface area contributed by atoms with Gasteiger partial charge in [-0.25, -0.2) is 0 Å². The average Bonchev–Trinajstić information content (AvgIpc) is 2.79. The predicted molar refractivity (Wildman–Crippen MR) is 78.4 cm³/mol. The lowest BCUT2D eigenvalue weighted by atomic mass is 9.88. The van der Waals surface area contributed by atoms with Crippen molar-refractivity contribution in [3.8, 4) is 0 Å². The number of hydrogen-bond donors (Lipinski definition) is 1. The summed E-state index contributed by atoms with van der Waals surface area (Å²) < 4.78 is 5.62. The molecule has 1 N–H and O–H groups in total. The van der Waals surface area contributed by atoms with Crippen LogP contribution in [0, 0.1) is 0 Å². The van der Waals surface area contributed by atoms with Crippen LogP contribution < -0.4 is 5.32 Å². The topological polar surface area (TPSA) is 24.5 Å². The highest BCUT2D eigenvalue weighted by atomic mass is 16.5. The lowest BCUT2D eigenvalue weighted by Crippen LogP contribution is -2.52. The molecule has 2 heterocycles. The van der Waals surface area contributed by atoms with Crippen LogP contribution in [0.2, 0.25) is 0 Å². The molecule has 3 aliphatic rings. The summed E-state index contributed by atoms with van der Waals surface area (Å²) in [6.07, 6.45) is 11.3. The van der Waals surface area contributed by atoms with Gasteiger partial charge >= 0.3 is 0 Å². The Bertz CT molecular complexity index is 284. The Kier molecular flexibility index (Phi) is 4.45. The molecule has 3 heteroatoms. The van der Waals surface area contributed by atoms with Gasteiger partial charge in [-0.3, -0.25) is 4.90 Å². The zero-order valence-corrected chi connectivity index (χ0v) is 12.6. The molecule has 0 aromatic rings. The fourth-order valence-electron chi connectivity index (χ4n) is 4.75. The van der Waals surface area contributed by atoms with Gasteiger partial charge in [-0.2, -0.15) is 0 Å². The van der Waals surface area contributed by atoms with Gasteiger partial charge in [0.25, 0.3) is 0 Å². The summed E-state index contributed by atoms with van der Waals surface area (Å²) in [6, 6.07) is 3.20. The lowest BCUT2D eigenvalue weighted by molar-refractivity contribution is 0.00769. The Labute approximate surface area is 118 Å². The highest BCUT2D eigenvalue weighted by molar-refractivity contribution is 4.97. The molecule has 3 nitrogen and oxygen atoms in total. The van der Waals surface area contributed by atoms with E-state index in [1.165, 1.54) is 57.9 Å². The van der Waals surface area contributed by atoms with Crippen LogP contribution in [0.25, 0.3) is 0 Å². The van der Waals surface area contributed by atoms with Crippen molar-refractivity contribution in [3.05, 3.63) is 0 Å². The third-order valence-electron chi connectivity index (χ3n) is 5.68. The van der Waals surface area contributed by atoms with Crippen molar-refractivity contribution in [3.63, 3.8) is 0 Å². The number of nitrogens with one attached hydrogen (secondary N) is 1. The van der Waals surface area contributed by atoms with Gasteiger partial charge in [0, 0.05) is 31.3 Å². The molecule has 4 atom stereocenters. The van der Waals surface area contributed by atoms with Crippen LogP contribution in [0.15, 0.2) is 0 Å². The molecule has 0 amide bonds. The quantitative estimate of drug-likeness (QED) is 0.846. The van der Waals surface area contributed by atoms with Crippen molar-refractivity contribution >= 4 is 0 Å². The van der Waals surface area contributed by atoms with E-state index in [0.29, 0.717) is 6.10 Å². The van der Waals surface area contributed by atoms with Crippen LogP contribution in [0.3, 0.4) is 0 Å². The number of ether oxygens (including phenoxy) is 1. The minimum atomic E-state index is 0.506. The fourth-order valence-corrected chi connectivity index (χ4v) is 4.75. The summed E-state index contributed by atoms with van der Waals surface area (Å²) in [5, 5.41) is 3.77. The van der Waals surface area contributed by atoms with Gasteiger partial charge in [0.1, 0.15) is 0 Å². The second kappa shape index (κ2) is 6.11. The summed E-state index contributed by atoms with van der Waals surface area (Å²) in [5.74, 6) is 0. The van der Waals surface area contributed by atoms with Crippen molar-refractivity contribution in [2.45, 2.75) is 88.6 Å². The van der Waals surface area contributed by atoms with Crippen LogP contribution in [0.5, 0.6) is 0 Å². The van der Waals surface area contributed by atoms with E-state index in [1.807, 2.05) is 7.11 Å². The molecular formula is C16H30N2O. The van der Waals surface area contributed by atoms with E-state index in [2.05, 4.69) is 17.1 Å². The minimum absolute atomic E-state index is 0.506. The molecule has 1 aliphatic carbocycles. The van der Waals surface area contributed by atoms with E-state index in [9.17, 15) is 0 Å². The van der Waals surface area contributed by atoms with Gasteiger partial charge in [0.2, 0.25) is 0 Å². The molecule has 2 bridgehead atoms. The van der Waals surface area contributed by atoms with Crippen molar-refractivity contribution in [2.75, 3.05) is 13.7 Å². The smallest absolute Gasteiger partial charge is 0.0586 e. The minimum Gasteiger partial charge on any atom is -0.381 e. The molecule has 0 radical (unpaired) electrons. The maximum absolute atomic E-state index is 5.62. The van der Waals surface area contributed by atoms with Crippen molar-refractivity contribution < 1.29 is 4.74 Å². The van der Waals surface area contributed by atoms with Crippen LogP contribution in [0.1, 0.15) is 58.3 Å². The summed E-state index contributed by atoms with van der Waals surface area (Å²) in [5.41, 5.74) is 0. The maximum Gasteiger partial charge on any atom is 0.0586 e. The molecule has 2 saturated heterocycles. The van der Waals surface area contributed by atoms with Crippen LogP contribution >= 0.6 is 0 Å². The van der Waals surface area contributed by atoms with Crippen molar-refractivity contribution in [1.29, 1.82) is 0 Å². The van der Waals surface area contributed by atoms with Gasteiger partial charge in [0.05, 0.1) is 6.10 Å². The first-order valence-corrected chi connectivity index (χ1v) is 8.34. The molecule has 4 unspecified atom stereocenters. The largest absolute Gasteiger partial charge is 0.381 e. The Balaban J connectivity index is 1.63. The number of hydrogen-bond acceptors (Lipinski definition) is 3. The second-order valence-electron chi connectivity index (χ2n) is 6.77. The van der Waals surface area contributed by atoms with Gasteiger partial charge in [-0.15, -0.1) is 0 Å². The van der Waals surface area contributed by atoms with Gasteiger partial charge in [-0.05, 0) is 57.9 Å². The maximum atomic E-state index is 5.62. The molecule has 3 rings (SSSR count). The first-order chi connectivity index (χ1) is 9.30. The molecule has 2 aliphatic heterocycles. The number of piperidine rings is 1. The molecule has 0 spiro atoms. The Morgan fingerprint density at radius 3 is 2.37 bits per heavy atom. The zero-order valence-electron chi connectivity index (χ0n) is 12.6. The fraction of sp³-hybridized carbons (Fsp3) is 1.00. The second-order valence-corrected chi connectivity index (χ2v) is 6.77. The Morgan fingerprint density at radius 2 is 1.74 bits per heavy atom. The standard InChI is InChI=1S/C16H30N2O/c1-3-18(14-5-4-6-16(11-14)19-2)15-9-12-7-8-13(10-15)17-12/h12-17H,3-11H2,1-2H3. The Morgan fingerprint density at radius 1 is 1.00 bits per heavy atom. The lowest BCUT2D eigenvalue weighted by Gasteiger charge is -2.44. The third-order valence-corrected chi connectivity index (χ3v) is 5.68. The van der Waals surface area contributed by atoms with E-state index < -0.39 is 0 Å². The highest BCUT2D eigenvalue weighted by Crippen LogP contribution is 2.33. The van der Waals surface area contributed by atoms with Crippen LogP contribution in [0.4, 0.5) is 0 Å². The monoisotopic (exact) mass is 266 g/mol. The molecule has 0 aromatic carbocycles. The Hall–Kier alpha value is -0.120. The number of rotatable bonds is 4. The zero-order chi connectivity index (χ0) is 13.2. The van der Waals surface area contributed by atoms with E-state index in [0.717, 1.165) is 24.2 Å². The number of methoxy groups -OCH3 is 1. The number of nitrogens with zero attached hydrogens (tertiary/aromatic N) is 1. The SMILES string of the molecule is CCN(C1CC2CCC(C1)N2)C1CCCC(OC)C1. The van der Waals surface area contributed by atoms with Gasteiger partial charge in [-0.1, -0.05) is 6.92 Å². The van der Waals surface area contributed by atoms with E-state index >= 15 is 0 Å². The molecule has 0 aromatic heterocycles. The molecule has 1 saturated carbocycles. The van der Waals surface area contributed by atoms with Crippen LogP contribution in [-0.2, 0) is 4.74 Å². The van der Waals surface area contributed by atoms with E-state index in [-0.39, 0.29) is 0 Å². The van der Waals surface area contributed by atoms with E-state index in [1.54, 1.807) is 0 Å². The summed E-state index contributed by atoms with van der Waals surface area (Å²) in [6.45, 7) is 3.56. The molecule has 19 heavy (non-hydrogen) atoms. The first kappa shape index (κ1) is 13.8. The highest BCUT2D eigenvalue weighted by Gasteiger charge is 2.38. The van der Waals surface area contributed by atoms with Crippen molar-refractivity contribution in [2.24, 2.45) is 0 Å². The summed E-state index contributed by atoms with van der Waals surface area (Å²) in [7, 11) is 1.88. The molecule has 110 valence electrons. The summed E-state index contributed by atoms with van der Waals surface area (Å²) in [4.78, 5) is 2.82. The molecular weight excluding hydrogens is 236 g/mol. The molecule has 3 fully saturated rings. The van der Waals surface area contributed by atoms with Gasteiger partial charge in [0.15, 0.2) is 0 Å². The predicted octanol–water partition coefficient (Wildman–Crippen LogP) is 2.55.